The van der Waals surface area contributed by atoms with Crippen molar-refractivity contribution in [3.63, 3.8) is 0 Å². The highest BCUT2D eigenvalue weighted by Gasteiger charge is 2.26. The van der Waals surface area contributed by atoms with E-state index in [0.717, 1.165) is 19.6 Å². The summed E-state index contributed by atoms with van der Waals surface area (Å²) in [5, 5.41) is 3.35. The smallest absolute Gasteiger partial charge is 0.0541 e. The van der Waals surface area contributed by atoms with Crippen molar-refractivity contribution >= 4 is 5.69 Å². The second-order valence-corrected chi connectivity index (χ2v) is 5.77. The normalized spacial score (nSPS) is 25.4. The molecule has 3 nitrogen and oxygen atoms in total. The largest absolute Gasteiger partial charge is 0.366 e. The molecule has 0 saturated carbocycles. The number of nitrogens with one attached hydrogen (secondary N) is 1. The fraction of sp³-hybridized carbons (Fsp3) is 0.625. The number of anilines is 1. The SMILES string of the molecule is CNCC1CN(C)C(C)CCN1c1ccccc1C. The van der Waals surface area contributed by atoms with E-state index in [4.69, 9.17) is 0 Å². The molecule has 19 heavy (non-hydrogen) atoms. The van der Waals surface area contributed by atoms with Crippen LogP contribution in [0.5, 0.6) is 0 Å². The molecule has 2 unspecified atom stereocenters. The molecule has 1 aliphatic rings. The van der Waals surface area contributed by atoms with Crippen LogP contribution in [0, 0.1) is 6.92 Å². The number of benzene rings is 1. The van der Waals surface area contributed by atoms with Crippen molar-refractivity contribution in [3.8, 4) is 0 Å². The van der Waals surface area contributed by atoms with E-state index in [1.54, 1.807) is 0 Å². The maximum atomic E-state index is 3.35. The molecule has 106 valence electrons. The molecule has 1 aliphatic heterocycles. The van der Waals surface area contributed by atoms with Gasteiger partial charge in [0.05, 0.1) is 6.04 Å². The maximum absolute atomic E-state index is 3.35. The zero-order chi connectivity index (χ0) is 13.8. The number of likely N-dealkylation sites (N-methyl/N-ethyl adjacent to an activating group) is 2. The predicted octanol–water partition coefficient (Wildman–Crippen LogP) is 2.11. The standard InChI is InChI=1S/C16H27N3/c1-13-7-5-6-8-16(13)19-10-9-14(2)18(4)12-15(19)11-17-3/h5-8,14-15,17H,9-12H2,1-4H3. The van der Waals surface area contributed by atoms with Gasteiger partial charge in [0.25, 0.3) is 0 Å². The van der Waals surface area contributed by atoms with E-state index in [-0.39, 0.29) is 0 Å². The molecule has 1 heterocycles. The zero-order valence-electron chi connectivity index (χ0n) is 12.7. The molecule has 3 heteroatoms. The first-order chi connectivity index (χ1) is 9.13. The van der Waals surface area contributed by atoms with Crippen molar-refractivity contribution in [2.45, 2.75) is 32.4 Å². The molecule has 1 aromatic carbocycles. The fourth-order valence-corrected chi connectivity index (χ4v) is 2.95. The molecule has 0 radical (unpaired) electrons. The average molecular weight is 261 g/mol. The number of nitrogens with zero attached hydrogens (tertiary/aromatic N) is 2. The third-order valence-corrected chi connectivity index (χ3v) is 4.34. The lowest BCUT2D eigenvalue weighted by Gasteiger charge is -2.34. The monoisotopic (exact) mass is 261 g/mol. The first kappa shape index (κ1) is 14.4. The topological polar surface area (TPSA) is 18.5 Å². The quantitative estimate of drug-likeness (QED) is 0.899. The molecule has 1 fully saturated rings. The van der Waals surface area contributed by atoms with Crippen molar-refractivity contribution in [2.24, 2.45) is 0 Å². The minimum Gasteiger partial charge on any atom is -0.366 e. The molecule has 1 saturated heterocycles. The van der Waals surface area contributed by atoms with Gasteiger partial charge < -0.3 is 15.1 Å². The van der Waals surface area contributed by atoms with Gasteiger partial charge in [0.2, 0.25) is 0 Å². The van der Waals surface area contributed by atoms with Gasteiger partial charge in [0, 0.05) is 31.4 Å². The summed E-state index contributed by atoms with van der Waals surface area (Å²) < 4.78 is 0. The van der Waals surface area contributed by atoms with Crippen molar-refractivity contribution in [1.82, 2.24) is 10.2 Å². The molecule has 0 spiro atoms. The van der Waals surface area contributed by atoms with Gasteiger partial charge in [-0.3, -0.25) is 0 Å². The number of hydrogen-bond donors (Lipinski definition) is 1. The van der Waals surface area contributed by atoms with Crippen LogP contribution < -0.4 is 10.2 Å². The second kappa shape index (κ2) is 6.40. The number of hydrogen-bond acceptors (Lipinski definition) is 3. The molecule has 0 amide bonds. The summed E-state index contributed by atoms with van der Waals surface area (Å²) in [5.41, 5.74) is 2.77. The van der Waals surface area contributed by atoms with Gasteiger partial charge in [-0.05, 0) is 46.0 Å². The Morgan fingerprint density at radius 3 is 2.74 bits per heavy atom. The summed E-state index contributed by atoms with van der Waals surface area (Å²) in [5.74, 6) is 0. The van der Waals surface area contributed by atoms with Crippen molar-refractivity contribution < 1.29 is 0 Å². The van der Waals surface area contributed by atoms with Gasteiger partial charge >= 0.3 is 0 Å². The Bertz CT molecular complexity index is 405. The minimum atomic E-state index is 0.543. The third kappa shape index (κ3) is 3.28. The van der Waals surface area contributed by atoms with Crippen LogP contribution in [0.2, 0.25) is 0 Å². The zero-order valence-corrected chi connectivity index (χ0v) is 12.7. The summed E-state index contributed by atoms with van der Waals surface area (Å²) in [6.45, 7) is 7.84. The van der Waals surface area contributed by atoms with Crippen LogP contribution in [0.15, 0.2) is 24.3 Å². The molecule has 0 aliphatic carbocycles. The average Bonchev–Trinajstić information content (AvgIpc) is 2.52. The predicted molar refractivity (Wildman–Crippen MR) is 82.9 cm³/mol. The molecule has 1 aromatic rings. The summed E-state index contributed by atoms with van der Waals surface area (Å²) in [7, 11) is 4.29. The molecular weight excluding hydrogens is 234 g/mol. The fourth-order valence-electron chi connectivity index (χ4n) is 2.95. The lowest BCUT2D eigenvalue weighted by Crippen LogP contribution is -2.46. The van der Waals surface area contributed by atoms with Crippen LogP contribution >= 0.6 is 0 Å². The van der Waals surface area contributed by atoms with E-state index in [1.165, 1.54) is 17.7 Å². The molecule has 2 atom stereocenters. The Hall–Kier alpha value is -1.06. The Morgan fingerprint density at radius 1 is 1.32 bits per heavy atom. The lowest BCUT2D eigenvalue weighted by molar-refractivity contribution is 0.254. The summed E-state index contributed by atoms with van der Waals surface area (Å²) in [4.78, 5) is 5.08. The van der Waals surface area contributed by atoms with Crippen LogP contribution in [-0.4, -0.2) is 50.7 Å². The van der Waals surface area contributed by atoms with Crippen LogP contribution in [0.4, 0.5) is 5.69 Å². The van der Waals surface area contributed by atoms with Gasteiger partial charge in [-0.2, -0.15) is 0 Å². The highest BCUT2D eigenvalue weighted by Crippen LogP contribution is 2.25. The Kier molecular flexibility index (Phi) is 4.83. The number of rotatable bonds is 3. The van der Waals surface area contributed by atoms with Gasteiger partial charge in [-0.25, -0.2) is 0 Å². The number of aryl methyl sites for hydroxylation is 1. The van der Waals surface area contributed by atoms with Crippen LogP contribution in [0.1, 0.15) is 18.9 Å². The van der Waals surface area contributed by atoms with Gasteiger partial charge in [-0.15, -0.1) is 0 Å². The van der Waals surface area contributed by atoms with Crippen LogP contribution in [0.3, 0.4) is 0 Å². The minimum absolute atomic E-state index is 0.543. The van der Waals surface area contributed by atoms with Crippen molar-refractivity contribution in [2.75, 3.05) is 38.6 Å². The lowest BCUT2D eigenvalue weighted by atomic mass is 10.1. The van der Waals surface area contributed by atoms with E-state index in [0.29, 0.717) is 12.1 Å². The number of para-hydroxylation sites is 1. The second-order valence-electron chi connectivity index (χ2n) is 5.77. The maximum Gasteiger partial charge on any atom is 0.0541 e. The van der Waals surface area contributed by atoms with E-state index < -0.39 is 0 Å². The van der Waals surface area contributed by atoms with Crippen molar-refractivity contribution in [1.29, 1.82) is 0 Å². The third-order valence-electron chi connectivity index (χ3n) is 4.34. The van der Waals surface area contributed by atoms with Gasteiger partial charge in [0.15, 0.2) is 0 Å². The van der Waals surface area contributed by atoms with E-state index >= 15 is 0 Å². The molecular formula is C16H27N3. The summed E-state index contributed by atoms with van der Waals surface area (Å²) in [6, 6.07) is 9.95. The van der Waals surface area contributed by atoms with E-state index in [1.807, 2.05) is 7.05 Å². The first-order valence-electron chi connectivity index (χ1n) is 7.30. The Labute approximate surface area is 117 Å². The summed E-state index contributed by atoms with van der Waals surface area (Å²) in [6.07, 6.45) is 1.23. The highest BCUT2D eigenvalue weighted by atomic mass is 15.3. The molecule has 0 bridgehead atoms. The van der Waals surface area contributed by atoms with Gasteiger partial charge in [0.1, 0.15) is 0 Å². The van der Waals surface area contributed by atoms with E-state index in [9.17, 15) is 0 Å². The van der Waals surface area contributed by atoms with Crippen LogP contribution in [0.25, 0.3) is 0 Å². The first-order valence-corrected chi connectivity index (χ1v) is 7.30. The Morgan fingerprint density at radius 2 is 2.05 bits per heavy atom. The summed E-state index contributed by atoms with van der Waals surface area (Å²) >= 11 is 0. The van der Waals surface area contributed by atoms with Crippen LogP contribution in [-0.2, 0) is 0 Å². The highest BCUT2D eigenvalue weighted by molar-refractivity contribution is 5.54. The Balaban J connectivity index is 2.27. The van der Waals surface area contributed by atoms with Crippen molar-refractivity contribution in [3.05, 3.63) is 29.8 Å². The molecule has 2 rings (SSSR count). The van der Waals surface area contributed by atoms with E-state index in [2.05, 4.69) is 60.3 Å². The molecule has 1 N–H and O–H groups in total. The molecule has 0 aromatic heterocycles. The van der Waals surface area contributed by atoms with Gasteiger partial charge in [-0.1, -0.05) is 18.2 Å².